The van der Waals surface area contributed by atoms with Crippen molar-refractivity contribution in [2.45, 2.75) is 52.6 Å². The minimum absolute atomic E-state index is 0.302. The number of hydrogen-bond donors (Lipinski definition) is 1. The van der Waals surface area contributed by atoms with Gasteiger partial charge in [-0.3, -0.25) is 0 Å². The van der Waals surface area contributed by atoms with E-state index in [0.29, 0.717) is 6.42 Å². The van der Waals surface area contributed by atoms with Gasteiger partial charge in [-0.05, 0) is 51.3 Å². The average Bonchev–Trinajstić information content (AvgIpc) is 2.32. The van der Waals surface area contributed by atoms with Crippen molar-refractivity contribution < 1.29 is 9.90 Å². The maximum Gasteiger partial charge on any atom is 0.326 e. The number of benzene rings is 1. The van der Waals surface area contributed by atoms with Gasteiger partial charge in [0.15, 0.2) is 0 Å². The molecular weight excluding hydrogens is 250 g/mol. The summed E-state index contributed by atoms with van der Waals surface area (Å²) in [6.45, 7) is 10.2. The van der Waals surface area contributed by atoms with Gasteiger partial charge in [0, 0.05) is 11.3 Å². The highest BCUT2D eigenvalue weighted by atomic mass is 16.4. The Morgan fingerprint density at radius 2 is 2.00 bits per heavy atom. The lowest BCUT2D eigenvalue weighted by atomic mass is 9.86. The van der Waals surface area contributed by atoms with Crippen LogP contribution in [0.5, 0.6) is 0 Å². The molecule has 0 aromatic heterocycles. The van der Waals surface area contributed by atoms with Crippen LogP contribution in [-0.4, -0.2) is 22.7 Å². The van der Waals surface area contributed by atoms with Crippen LogP contribution in [0.3, 0.4) is 0 Å². The maximum atomic E-state index is 11.6. The molecule has 1 aliphatic rings. The van der Waals surface area contributed by atoms with Crippen molar-refractivity contribution in [3.8, 4) is 0 Å². The zero-order valence-corrected chi connectivity index (χ0v) is 12.9. The topological polar surface area (TPSA) is 40.5 Å². The van der Waals surface area contributed by atoms with Crippen molar-refractivity contribution in [2.75, 3.05) is 4.90 Å². The van der Waals surface area contributed by atoms with Crippen LogP contribution in [-0.2, 0) is 4.79 Å². The second-order valence-corrected chi connectivity index (χ2v) is 6.13. The van der Waals surface area contributed by atoms with Crippen molar-refractivity contribution in [3.05, 3.63) is 35.4 Å². The number of anilines is 1. The average molecular weight is 273 g/mol. The third-order valence-corrected chi connectivity index (χ3v) is 4.01. The van der Waals surface area contributed by atoms with Gasteiger partial charge in [-0.15, -0.1) is 0 Å². The molecule has 1 aromatic rings. The zero-order chi connectivity index (χ0) is 15.1. The van der Waals surface area contributed by atoms with Crippen LogP contribution in [0.1, 0.15) is 45.2 Å². The zero-order valence-electron chi connectivity index (χ0n) is 12.9. The van der Waals surface area contributed by atoms with Gasteiger partial charge in [0.1, 0.15) is 6.04 Å². The van der Waals surface area contributed by atoms with Crippen LogP contribution < -0.4 is 4.90 Å². The first-order valence-electron chi connectivity index (χ1n) is 7.10. The molecule has 0 unspecified atom stereocenters. The summed E-state index contributed by atoms with van der Waals surface area (Å²) >= 11 is 0. The number of hydrogen-bond acceptors (Lipinski definition) is 2. The van der Waals surface area contributed by atoms with E-state index in [-0.39, 0.29) is 5.54 Å². The molecule has 1 aliphatic heterocycles. The Kier molecular flexibility index (Phi) is 3.63. The Morgan fingerprint density at radius 1 is 1.35 bits per heavy atom. The van der Waals surface area contributed by atoms with Gasteiger partial charge in [0.2, 0.25) is 0 Å². The summed E-state index contributed by atoms with van der Waals surface area (Å²) in [5.41, 5.74) is 4.23. The minimum atomic E-state index is -0.763. The van der Waals surface area contributed by atoms with Crippen molar-refractivity contribution in [1.29, 1.82) is 0 Å². The van der Waals surface area contributed by atoms with Crippen LogP contribution in [0.4, 0.5) is 5.69 Å². The molecule has 0 saturated heterocycles. The number of aryl methyl sites for hydroxylation is 1. The quantitative estimate of drug-likeness (QED) is 0.909. The third-order valence-electron chi connectivity index (χ3n) is 4.01. The summed E-state index contributed by atoms with van der Waals surface area (Å²) in [5.74, 6) is -0.763. The second-order valence-electron chi connectivity index (χ2n) is 6.13. The number of allylic oxidation sites excluding steroid dienone is 1. The summed E-state index contributed by atoms with van der Waals surface area (Å²) < 4.78 is 0. The summed E-state index contributed by atoms with van der Waals surface area (Å²) in [4.78, 5) is 13.7. The molecule has 0 aliphatic carbocycles. The summed E-state index contributed by atoms with van der Waals surface area (Å²) in [5, 5.41) is 9.56. The number of fused-ring (bicyclic) bond motifs is 1. The highest BCUT2D eigenvalue weighted by Crippen LogP contribution is 2.41. The molecule has 0 amide bonds. The molecule has 0 radical (unpaired) electrons. The van der Waals surface area contributed by atoms with Crippen LogP contribution in [0.2, 0.25) is 0 Å². The van der Waals surface area contributed by atoms with Crippen molar-refractivity contribution in [2.24, 2.45) is 0 Å². The van der Waals surface area contributed by atoms with E-state index in [1.54, 1.807) is 0 Å². The van der Waals surface area contributed by atoms with E-state index in [1.165, 1.54) is 5.57 Å². The first-order valence-corrected chi connectivity index (χ1v) is 7.10. The van der Waals surface area contributed by atoms with E-state index >= 15 is 0 Å². The second kappa shape index (κ2) is 4.97. The highest BCUT2D eigenvalue weighted by molar-refractivity contribution is 5.87. The van der Waals surface area contributed by atoms with Gasteiger partial charge < -0.3 is 10.0 Å². The largest absolute Gasteiger partial charge is 0.480 e. The molecule has 20 heavy (non-hydrogen) atoms. The highest BCUT2D eigenvalue weighted by Gasteiger charge is 2.38. The number of rotatable bonds is 3. The summed E-state index contributed by atoms with van der Waals surface area (Å²) in [7, 11) is 0. The summed E-state index contributed by atoms with van der Waals surface area (Å²) in [6, 6.07) is 5.76. The smallest absolute Gasteiger partial charge is 0.326 e. The van der Waals surface area contributed by atoms with Crippen molar-refractivity contribution >= 4 is 17.2 Å². The molecule has 1 aromatic carbocycles. The lowest BCUT2D eigenvalue weighted by molar-refractivity contribution is -0.139. The summed E-state index contributed by atoms with van der Waals surface area (Å²) in [6.07, 6.45) is 2.75. The molecule has 0 saturated carbocycles. The molecule has 2 rings (SSSR count). The lowest BCUT2D eigenvalue weighted by Gasteiger charge is -2.46. The normalized spacial score (nSPS) is 18.2. The fourth-order valence-electron chi connectivity index (χ4n) is 3.20. The Morgan fingerprint density at radius 3 is 2.55 bits per heavy atom. The molecule has 108 valence electrons. The van der Waals surface area contributed by atoms with E-state index in [1.807, 2.05) is 18.7 Å². The fourth-order valence-corrected chi connectivity index (χ4v) is 3.20. The van der Waals surface area contributed by atoms with Crippen molar-refractivity contribution in [1.82, 2.24) is 0 Å². The predicted octanol–water partition coefficient (Wildman–Crippen LogP) is 3.86. The van der Waals surface area contributed by atoms with E-state index < -0.39 is 12.0 Å². The van der Waals surface area contributed by atoms with E-state index in [4.69, 9.17) is 0 Å². The van der Waals surface area contributed by atoms with Gasteiger partial charge >= 0.3 is 5.97 Å². The maximum absolute atomic E-state index is 11.6. The molecule has 1 N–H and O–H groups in total. The number of carbonyl (C=O) groups is 1. The van der Waals surface area contributed by atoms with Gasteiger partial charge in [-0.25, -0.2) is 4.79 Å². The third kappa shape index (κ3) is 2.33. The molecule has 0 bridgehead atoms. The first kappa shape index (κ1) is 14.6. The SMILES string of the molecule is CC[C@@H](C(=O)O)N1c2cc(C)ccc2C(C)=CC1(C)C. The molecule has 1 heterocycles. The van der Waals surface area contributed by atoms with E-state index in [2.05, 4.69) is 45.0 Å². The molecule has 1 atom stereocenters. The van der Waals surface area contributed by atoms with Gasteiger partial charge in [-0.1, -0.05) is 25.1 Å². The van der Waals surface area contributed by atoms with Crippen LogP contribution in [0.25, 0.3) is 5.57 Å². The van der Waals surface area contributed by atoms with Crippen LogP contribution in [0.15, 0.2) is 24.3 Å². The Hall–Kier alpha value is -1.77. The van der Waals surface area contributed by atoms with E-state index in [0.717, 1.165) is 16.8 Å². The Balaban J connectivity index is 2.66. The van der Waals surface area contributed by atoms with Gasteiger partial charge in [-0.2, -0.15) is 0 Å². The molecule has 3 nitrogen and oxygen atoms in total. The van der Waals surface area contributed by atoms with Crippen LogP contribution in [0, 0.1) is 6.92 Å². The minimum Gasteiger partial charge on any atom is -0.480 e. The lowest BCUT2D eigenvalue weighted by Crippen LogP contribution is -2.54. The molecule has 0 fully saturated rings. The number of nitrogens with zero attached hydrogens (tertiary/aromatic N) is 1. The standard InChI is InChI=1S/C17H23NO2/c1-6-14(16(19)20)18-15-9-11(2)7-8-13(15)12(3)10-17(18,4)5/h7-10,14H,6H2,1-5H3,(H,19,20)/t14-/m0/s1. The fraction of sp³-hybridized carbons (Fsp3) is 0.471. The monoisotopic (exact) mass is 273 g/mol. The number of aliphatic carboxylic acids is 1. The molecular formula is C17H23NO2. The van der Waals surface area contributed by atoms with Crippen molar-refractivity contribution in [3.63, 3.8) is 0 Å². The van der Waals surface area contributed by atoms with Crippen LogP contribution >= 0.6 is 0 Å². The molecule has 0 spiro atoms. The predicted molar refractivity (Wildman–Crippen MR) is 83.1 cm³/mol. The van der Waals surface area contributed by atoms with E-state index in [9.17, 15) is 9.90 Å². The first-order chi connectivity index (χ1) is 9.27. The Labute approximate surface area is 120 Å². The number of carboxylic acids is 1. The van der Waals surface area contributed by atoms with Gasteiger partial charge in [0.25, 0.3) is 0 Å². The number of carboxylic acid groups (broad SMARTS) is 1. The molecule has 3 heteroatoms. The van der Waals surface area contributed by atoms with Gasteiger partial charge in [0.05, 0.1) is 5.54 Å². The Bertz CT molecular complexity index is 572.